The van der Waals surface area contributed by atoms with Crippen molar-refractivity contribution in [2.75, 3.05) is 9.80 Å². The number of fused-ring (bicyclic) bond motifs is 13. The second-order valence-electron chi connectivity index (χ2n) is 20.9. The van der Waals surface area contributed by atoms with E-state index >= 15 is 0 Å². The highest BCUT2D eigenvalue weighted by Gasteiger charge is 2.56. The largest absolute Gasteiger partial charge is 0.310 e. The monoisotopic (exact) mass is 860 g/mol. The van der Waals surface area contributed by atoms with E-state index in [1.165, 1.54) is 112 Å². The standard InChI is InChI=1S/C65H52N2/c1-63(2)55-34-42(25-29-51(55)52-31-27-49(38-56(52)63)66-59-19-8-4-14-44(59)36-45-15-5-9-20-60(45)66)23-24-43-26-30-53-54-32-28-50(67-61-21-10-6-16-46(61)37-47-17-7-11-22-62(47)67)39-58(54)65(57(53)35-43)40-48-18-12-13-33-64(48,3)41-65/h4-35,38-39,48H,36-37,40-41H2,1-3H3/b24-23+. The SMILES string of the molecule is CC1(C)c2cc(/C=C/c3ccc4c(c3)C3(CC5C=CC=CC5(C)C3)c3cc(N5c6ccccc6Cc6ccccc65)ccc3-4)ccc2-c2ccc(N3c4ccccc4Cc4ccccc43)cc21. The lowest BCUT2D eigenvalue weighted by molar-refractivity contribution is 0.354. The van der Waals surface area contributed by atoms with E-state index in [1.54, 1.807) is 0 Å². The lowest BCUT2D eigenvalue weighted by Gasteiger charge is -2.35. The maximum Gasteiger partial charge on any atom is 0.0497 e. The highest BCUT2D eigenvalue weighted by Crippen LogP contribution is 2.65. The zero-order valence-electron chi connectivity index (χ0n) is 38.4. The van der Waals surface area contributed by atoms with Gasteiger partial charge in [0.2, 0.25) is 0 Å². The Kier molecular flexibility index (Phi) is 8.14. The number of rotatable bonds is 4. The van der Waals surface area contributed by atoms with Gasteiger partial charge in [-0.05, 0) is 151 Å². The maximum atomic E-state index is 2.56. The lowest BCUT2D eigenvalue weighted by atomic mass is 9.73. The van der Waals surface area contributed by atoms with Crippen LogP contribution in [-0.4, -0.2) is 0 Å². The molecule has 0 radical (unpaired) electrons. The van der Waals surface area contributed by atoms with Crippen LogP contribution >= 0.6 is 0 Å². The van der Waals surface area contributed by atoms with Gasteiger partial charge in [0.1, 0.15) is 0 Å². The van der Waals surface area contributed by atoms with E-state index in [2.05, 4.69) is 237 Å². The molecule has 3 atom stereocenters. The van der Waals surface area contributed by atoms with Crippen LogP contribution in [0.1, 0.15) is 89.2 Å². The van der Waals surface area contributed by atoms with Crippen LogP contribution in [0.2, 0.25) is 0 Å². The molecule has 0 aromatic heterocycles. The van der Waals surface area contributed by atoms with Crippen molar-refractivity contribution in [1.82, 2.24) is 0 Å². The summed E-state index contributed by atoms with van der Waals surface area (Å²) in [5.41, 5.74) is 26.6. The Balaban J connectivity index is 0.818. The van der Waals surface area contributed by atoms with Gasteiger partial charge in [-0.1, -0.05) is 179 Å². The zero-order valence-corrected chi connectivity index (χ0v) is 38.4. The van der Waals surface area contributed by atoms with Gasteiger partial charge in [0.15, 0.2) is 0 Å². The van der Waals surface area contributed by atoms with Crippen molar-refractivity contribution in [3.8, 4) is 22.3 Å². The highest BCUT2D eigenvalue weighted by atomic mass is 15.2. The van der Waals surface area contributed by atoms with Gasteiger partial charge in [-0.3, -0.25) is 0 Å². The third-order valence-electron chi connectivity index (χ3n) is 16.8. The number of para-hydroxylation sites is 4. The fraction of sp³-hybridized carbons (Fsp3) is 0.169. The minimum atomic E-state index is -0.152. The summed E-state index contributed by atoms with van der Waals surface area (Å²) in [6.45, 7) is 7.31. The summed E-state index contributed by atoms with van der Waals surface area (Å²) in [5.74, 6) is 0.483. The Morgan fingerprint density at radius 1 is 0.448 bits per heavy atom. The molecule has 8 aromatic carbocycles. The average Bonchev–Trinajstić information content (AvgIpc) is 3.91. The van der Waals surface area contributed by atoms with Gasteiger partial charge in [0, 0.05) is 57.8 Å². The first-order valence-electron chi connectivity index (χ1n) is 24.3. The van der Waals surface area contributed by atoms with Crippen molar-refractivity contribution in [2.24, 2.45) is 11.3 Å². The van der Waals surface area contributed by atoms with Crippen LogP contribution in [0.15, 0.2) is 194 Å². The Bertz CT molecular complexity index is 3420. The molecule has 1 fully saturated rings. The van der Waals surface area contributed by atoms with Crippen molar-refractivity contribution in [3.63, 3.8) is 0 Å². The zero-order chi connectivity index (χ0) is 44.6. The second-order valence-corrected chi connectivity index (χ2v) is 20.9. The van der Waals surface area contributed by atoms with E-state index < -0.39 is 0 Å². The maximum absolute atomic E-state index is 2.56. The molecule has 0 amide bonds. The molecule has 3 unspecified atom stereocenters. The number of hydrogen-bond acceptors (Lipinski definition) is 2. The third-order valence-corrected chi connectivity index (χ3v) is 16.8. The Labute approximate surface area is 394 Å². The lowest BCUT2D eigenvalue weighted by Crippen LogP contribution is -2.24. The smallest absolute Gasteiger partial charge is 0.0497 e. The Morgan fingerprint density at radius 3 is 1.37 bits per heavy atom. The van der Waals surface area contributed by atoms with Gasteiger partial charge in [-0.15, -0.1) is 0 Å². The Hall–Kier alpha value is -7.42. The van der Waals surface area contributed by atoms with Crippen LogP contribution in [0.25, 0.3) is 34.4 Å². The van der Waals surface area contributed by atoms with Gasteiger partial charge in [0.05, 0.1) is 0 Å². The quantitative estimate of drug-likeness (QED) is 0.163. The number of nitrogens with zero attached hydrogens (tertiary/aromatic N) is 2. The second kappa shape index (κ2) is 14.0. The third kappa shape index (κ3) is 5.63. The fourth-order valence-corrected chi connectivity index (χ4v) is 13.5. The predicted octanol–water partition coefficient (Wildman–Crippen LogP) is 16.7. The van der Waals surface area contributed by atoms with E-state index in [-0.39, 0.29) is 16.2 Å². The van der Waals surface area contributed by atoms with Crippen LogP contribution in [0.4, 0.5) is 34.1 Å². The highest BCUT2D eigenvalue weighted by molar-refractivity contribution is 5.91. The average molecular weight is 861 g/mol. The summed E-state index contributed by atoms with van der Waals surface area (Å²) in [6, 6.07) is 64.7. The first-order valence-corrected chi connectivity index (χ1v) is 24.3. The van der Waals surface area contributed by atoms with Crippen molar-refractivity contribution in [1.29, 1.82) is 0 Å². The number of hydrogen-bond donors (Lipinski definition) is 0. The van der Waals surface area contributed by atoms with E-state index in [1.807, 2.05) is 0 Å². The van der Waals surface area contributed by atoms with Crippen molar-refractivity contribution in [2.45, 2.75) is 57.3 Å². The van der Waals surface area contributed by atoms with Crippen LogP contribution in [0.3, 0.4) is 0 Å². The molecule has 2 heteroatoms. The first kappa shape index (κ1) is 38.8. The molecular weight excluding hydrogens is 809 g/mol. The normalized spacial score (nSPS) is 21.6. The first-order chi connectivity index (χ1) is 32.8. The molecule has 14 rings (SSSR count). The molecule has 0 saturated heterocycles. The number of anilines is 6. The molecule has 2 heterocycles. The van der Waals surface area contributed by atoms with Crippen LogP contribution in [0, 0.1) is 11.3 Å². The van der Waals surface area contributed by atoms with Crippen LogP contribution < -0.4 is 9.80 Å². The molecule has 4 aliphatic carbocycles. The predicted molar refractivity (Wildman–Crippen MR) is 280 cm³/mol. The Morgan fingerprint density at radius 2 is 0.866 bits per heavy atom. The molecule has 67 heavy (non-hydrogen) atoms. The van der Waals surface area contributed by atoms with Crippen molar-refractivity contribution in [3.05, 3.63) is 250 Å². The van der Waals surface area contributed by atoms with E-state index in [9.17, 15) is 0 Å². The molecule has 1 saturated carbocycles. The summed E-state index contributed by atoms with van der Waals surface area (Å²) in [4.78, 5) is 4.99. The minimum absolute atomic E-state index is 0.0954. The molecular formula is C65H52N2. The summed E-state index contributed by atoms with van der Waals surface area (Å²) in [7, 11) is 0. The molecule has 322 valence electrons. The van der Waals surface area contributed by atoms with E-state index in [0.717, 1.165) is 25.7 Å². The molecule has 6 aliphatic rings. The fourth-order valence-electron chi connectivity index (χ4n) is 13.5. The molecule has 0 N–H and O–H groups in total. The van der Waals surface area contributed by atoms with Gasteiger partial charge < -0.3 is 9.80 Å². The van der Waals surface area contributed by atoms with Gasteiger partial charge in [-0.2, -0.15) is 0 Å². The summed E-state index contributed by atoms with van der Waals surface area (Å²) < 4.78 is 0. The summed E-state index contributed by atoms with van der Waals surface area (Å²) in [6.07, 6.45) is 18.4. The molecule has 0 bridgehead atoms. The van der Waals surface area contributed by atoms with E-state index in [4.69, 9.17) is 0 Å². The van der Waals surface area contributed by atoms with E-state index in [0.29, 0.717) is 5.92 Å². The number of benzene rings is 8. The van der Waals surface area contributed by atoms with Gasteiger partial charge in [0.25, 0.3) is 0 Å². The van der Waals surface area contributed by atoms with Gasteiger partial charge >= 0.3 is 0 Å². The van der Waals surface area contributed by atoms with Crippen LogP contribution in [0.5, 0.6) is 0 Å². The van der Waals surface area contributed by atoms with Crippen LogP contribution in [-0.2, 0) is 23.7 Å². The van der Waals surface area contributed by atoms with Crippen molar-refractivity contribution >= 4 is 46.3 Å². The van der Waals surface area contributed by atoms with Gasteiger partial charge in [-0.25, -0.2) is 0 Å². The topological polar surface area (TPSA) is 6.48 Å². The number of allylic oxidation sites excluding steroid dienone is 4. The molecule has 2 nitrogen and oxygen atoms in total. The van der Waals surface area contributed by atoms with Crippen molar-refractivity contribution < 1.29 is 0 Å². The summed E-state index contributed by atoms with van der Waals surface area (Å²) in [5, 5.41) is 0. The summed E-state index contributed by atoms with van der Waals surface area (Å²) >= 11 is 0. The molecule has 2 aliphatic heterocycles. The minimum Gasteiger partial charge on any atom is -0.310 e. The molecule has 8 aromatic rings. The molecule has 1 spiro atoms.